The fraction of sp³-hybridized carbons (Fsp3) is 0.562. The van der Waals surface area contributed by atoms with Crippen molar-refractivity contribution in [2.24, 2.45) is 5.92 Å². The van der Waals surface area contributed by atoms with Crippen LogP contribution in [-0.2, 0) is 16.4 Å². The number of nitrogens with one attached hydrogen (secondary N) is 1. The quantitative estimate of drug-likeness (QED) is 0.895. The summed E-state index contributed by atoms with van der Waals surface area (Å²) < 4.78 is 24.5. The number of hydrogen-bond donors (Lipinski definition) is 1. The lowest BCUT2D eigenvalue weighted by atomic mass is 9.91. The number of hydrogen-bond acceptors (Lipinski definition) is 3. The molecule has 1 N–H and O–H groups in total. The maximum absolute atomic E-state index is 11.7. The average Bonchev–Trinajstić information content (AvgIpc) is 2.48. The van der Waals surface area contributed by atoms with Gasteiger partial charge in [0.15, 0.2) is 0 Å². The zero-order valence-electron chi connectivity index (χ0n) is 13.2. The first-order chi connectivity index (χ1) is 10.4. The van der Waals surface area contributed by atoms with Gasteiger partial charge in [-0.05, 0) is 49.8 Å². The van der Waals surface area contributed by atoms with E-state index in [0.717, 1.165) is 19.3 Å². The Kier molecular flexibility index (Phi) is 5.58. The van der Waals surface area contributed by atoms with E-state index in [2.05, 4.69) is 5.32 Å². The summed E-state index contributed by atoms with van der Waals surface area (Å²) in [6, 6.07) is 7.69. The predicted octanol–water partition coefficient (Wildman–Crippen LogP) is 1.65. The minimum atomic E-state index is -3.05. The van der Waals surface area contributed by atoms with Crippen molar-refractivity contribution in [3.05, 3.63) is 35.4 Å². The standard InChI is InChI=1S/C16H24N2O3S/c1-3-17-16(19)15-6-4-13(5-7-15)12-14-8-10-18(11-9-14)22(2,20)21/h4-7,14H,3,8-12H2,1-2H3,(H,17,19). The van der Waals surface area contributed by atoms with Crippen LogP contribution in [0.5, 0.6) is 0 Å². The van der Waals surface area contributed by atoms with Gasteiger partial charge in [0.25, 0.3) is 5.91 Å². The molecule has 1 heterocycles. The Morgan fingerprint density at radius 3 is 2.32 bits per heavy atom. The summed E-state index contributed by atoms with van der Waals surface area (Å²) >= 11 is 0. The zero-order chi connectivity index (χ0) is 16.2. The smallest absolute Gasteiger partial charge is 0.251 e. The summed E-state index contributed by atoms with van der Waals surface area (Å²) in [6.45, 7) is 3.75. The molecule has 0 unspecified atom stereocenters. The highest BCUT2D eigenvalue weighted by Crippen LogP contribution is 2.23. The minimum absolute atomic E-state index is 0.0458. The maximum atomic E-state index is 11.7. The molecule has 1 aliphatic heterocycles. The molecule has 1 aromatic carbocycles. The lowest BCUT2D eigenvalue weighted by molar-refractivity contribution is 0.0956. The lowest BCUT2D eigenvalue weighted by Crippen LogP contribution is -2.38. The van der Waals surface area contributed by atoms with E-state index in [1.165, 1.54) is 11.8 Å². The Bertz CT molecular complexity index is 603. The van der Waals surface area contributed by atoms with E-state index in [9.17, 15) is 13.2 Å². The zero-order valence-corrected chi connectivity index (χ0v) is 14.0. The monoisotopic (exact) mass is 324 g/mol. The molecule has 0 radical (unpaired) electrons. The molecule has 0 spiro atoms. The van der Waals surface area contributed by atoms with Gasteiger partial charge in [-0.1, -0.05) is 12.1 Å². The van der Waals surface area contributed by atoms with Crippen LogP contribution in [0, 0.1) is 5.92 Å². The number of nitrogens with zero attached hydrogens (tertiary/aromatic N) is 1. The van der Waals surface area contributed by atoms with Crippen LogP contribution in [0.15, 0.2) is 24.3 Å². The largest absolute Gasteiger partial charge is 0.352 e. The molecule has 0 aliphatic carbocycles. The number of sulfonamides is 1. The molecule has 5 nitrogen and oxygen atoms in total. The normalized spacial score (nSPS) is 17.4. The van der Waals surface area contributed by atoms with Gasteiger partial charge in [-0.15, -0.1) is 0 Å². The van der Waals surface area contributed by atoms with E-state index in [1.54, 1.807) is 4.31 Å². The van der Waals surface area contributed by atoms with Gasteiger partial charge in [0.1, 0.15) is 0 Å². The van der Waals surface area contributed by atoms with Crippen molar-refractivity contribution >= 4 is 15.9 Å². The Balaban J connectivity index is 1.89. The highest BCUT2D eigenvalue weighted by atomic mass is 32.2. The van der Waals surface area contributed by atoms with E-state index in [1.807, 2.05) is 31.2 Å². The third kappa shape index (κ3) is 4.55. The van der Waals surface area contributed by atoms with Crippen molar-refractivity contribution in [3.8, 4) is 0 Å². The van der Waals surface area contributed by atoms with E-state index in [0.29, 0.717) is 31.1 Å². The molecule has 1 saturated heterocycles. The Labute approximate surface area is 132 Å². The third-order valence-electron chi connectivity index (χ3n) is 4.12. The molecular weight excluding hydrogens is 300 g/mol. The molecule has 1 aliphatic rings. The van der Waals surface area contributed by atoms with E-state index in [4.69, 9.17) is 0 Å². The number of piperidine rings is 1. The number of amides is 1. The number of rotatable bonds is 5. The first-order valence-electron chi connectivity index (χ1n) is 7.72. The molecule has 0 bridgehead atoms. The van der Waals surface area contributed by atoms with Crippen LogP contribution in [-0.4, -0.2) is 44.5 Å². The van der Waals surface area contributed by atoms with Gasteiger partial charge in [0, 0.05) is 25.2 Å². The summed E-state index contributed by atoms with van der Waals surface area (Å²) in [6.07, 6.45) is 4.00. The third-order valence-corrected chi connectivity index (χ3v) is 5.42. The van der Waals surface area contributed by atoms with Crippen LogP contribution >= 0.6 is 0 Å². The Morgan fingerprint density at radius 1 is 1.23 bits per heavy atom. The summed E-state index contributed by atoms with van der Waals surface area (Å²) in [5, 5.41) is 2.78. The molecule has 1 amide bonds. The van der Waals surface area contributed by atoms with Gasteiger partial charge in [-0.2, -0.15) is 0 Å². The maximum Gasteiger partial charge on any atom is 0.251 e. The summed E-state index contributed by atoms with van der Waals surface area (Å²) in [5.41, 5.74) is 1.88. The fourth-order valence-corrected chi connectivity index (χ4v) is 3.71. The van der Waals surface area contributed by atoms with Gasteiger partial charge < -0.3 is 5.32 Å². The summed E-state index contributed by atoms with van der Waals surface area (Å²) in [7, 11) is -3.05. The van der Waals surface area contributed by atoms with E-state index >= 15 is 0 Å². The van der Waals surface area contributed by atoms with E-state index < -0.39 is 10.0 Å². The van der Waals surface area contributed by atoms with Crippen molar-refractivity contribution < 1.29 is 13.2 Å². The second-order valence-corrected chi connectivity index (χ2v) is 7.85. The number of benzene rings is 1. The van der Waals surface area contributed by atoms with Crippen LogP contribution in [0.25, 0.3) is 0 Å². The second-order valence-electron chi connectivity index (χ2n) is 5.87. The van der Waals surface area contributed by atoms with Gasteiger partial charge in [-0.25, -0.2) is 12.7 Å². The highest BCUT2D eigenvalue weighted by Gasteiger charge is 2.24. The summed E-state index contributed by atoms with van der Waals surface area (Å²) in [5.74, 6) is 0.462. The topological polar surface area (TPSA) is 66.5 Å². The first-order valence-corrected chi connectivity index (χ1v) is 9.57. The minimum Gasteiger partial charge on any atom is -0.352 e. The lowest BCUT2D eigenvalue weighted by Gasteiger charge is -2.30. The molecule has 0 aromatic heterocycles. The first kappa shape index (κ1) is 17.0. The number of carbonyl (C=O) groups is 1. The Hall–Kier alpha value is -1.40. The van der Waals surface area contributed by atoms with E-state index in [-0.39, 0.29) is 5.91 Å². The van der Waals surface area contributed by atoms with Gasteiger partial charge in [0.2, 0.25) is 10.0 Å². The van der Waals surface area contributed by atoms with Crippen LogP contribution in [0.1, 0.15) is 35.7 Å². The average molecular weight is 324 g/mol. The molecule has 0 atom stereocenters. The fourth-order valence-electron chi connectivity index (χ4n) is 2.83. The van der Waals surface area contributed by atoms with Crippen molar-refractivity contribution in [2.45, 2.75) is 26.2 Å². The molecule has 1 fully saturated rings. The molecule has 22 heavy (non-hydrogen) atoms. The highest BCUT2D eigenvalue weighted by molar-refractivity contribution is 7.88. The second kappa shape index (κ2) is 7.24. The van der Waals surface area contributed by atoms with Crippen molar-refractivity contribution in [3.63, 3.8) is 0 Å². The van der Waals surface area contributed by atoms with Crippen LogP contribution in [0.4, 0.5) is 0 Å². The van der Waals surface area contributed by atoms with Gasteiger partial charge in [-0.3, -0.25) is 4.79 Å². The SMILES string of the molecule is CCNC(=O)c1ccc(CC2CCN(S(C)(=O)=O)CC2)cc1. The molecule has 122 valence electrons. The van der Waals surface area contributed by atoms with Crippen LogP contribution in [0.2, 0.25) is 0 Å². The van der Waals surface area contributed by atoms with Gasteiger partial charge in [0.05, 0.1) is 6.26 Å². The summed E-state index contributed by atoms with van der Waals surface area (Å²) in [4.78, 5) is 11.7. The number of carbonyl (C=O) groups excluding carboxylic acids is 1. The van der Waals surface area contributed by atoms with Crippen LogP contribution < -0.4 is 5.32 Å². The van der Waals surface area contributed by atoms with Crippen LogP contribution in [0.3, 0.4) is 0 Å². The molecule has 1 aromatic rings. The molecular formula is C16H24N2O3S. The van der Waals surface area contributed by atoms with Crippen molar-refractivity contribution in [1.82, 2.24) is 9.62 Å². The predicted molar refractivity (Wildman–Crippen MR) is 87.3 cm³/mol. The Morgan fingerprint density at radius 2 is 1.82 bits per heavy atom. The van der Waals surface area contributed by atoms with Crippen molar-refractivity contribution in [2.75, 3.05) is 25.9 Å². The molecule has 6 heteroatoms. The van der Waals surface area contributed by atoms with Crippen molar-refractivity contribution in [1.29, 1.82) is 0 Å². The van der Waals surface area contributed by atoms with Gasteiger partial charge >= 0.3 is 0 Å². The molecule has 2 rings (SSSR count). The molecule has 0 saturated carbocycles.